The van der Waals surface area contributed by atoms with Crippen LogP contribution < -0.4 is 5.32 Å². The second-order valence-electron chi connectivity index (χ2n) is 3.46. The molecule has 0 aliphatic carbocycles. The van der Waals surface area contributed by atoms with Gasteiger partial charge in [-0.25, -0.2) is 4.98 Å². The van der Waals surface area contributed by atoms with E-state index in [1.165, 1.54) is 11.8 Å². The zero-order chi connectivity index (χ0) is 13.0. The van der Waals surface area contributed by atoms with Crippen molar-refractivity contribution in [2.75, 3.05) is 12.8 Å². The molecule has 96 valence electrons. The van der Waals surface area contributed by atoms with Crippen LogP contribution >= 0.6 is 23.1 Å². The Hall–Kier alpha value is -1.41. The minimum Gasteiger partial charge on any atom is -0.416 e. The number of thioether (sulfide) groups is 1. The molecule has 18 heavy (non-hydrogen) atoms. The van der Waals surface area contributed by atoms with Crippen molar-refractivity contribution in [2.24, 2.45) is 0 Å². The maximum Gasteiger partial charge on any atom is 0.277 e. The number of hydrogen-bond acceptors (Lipinski definition) is 7. The monoisotopic (exact) mass is 284 g/mol. The summed E-state index contributed by atoms with van der Waals surface area (Å²) in [4.78, 5) is 15.4. The van der Waals surface area contributed by atoms with E-state index < -0.39 is 0 Å². The van der Waals surface area contributed by atoms with Gasteiger partial charge in [0.2, 0.25) is 11.8 Å². The van der Waals surface area contributed by atoms with Gasteiger partial charge in [-0.05, 0) is 6.92 Å². The lowest BCUT2D eigenvalue weighted by Gasteiger charge is -1.94. The molecule has 0 aromatic carbocycles. The Labute approximate surface area is 112 Å². The first kappa shape index (κ1) is 13.0. The molecule has 6 nitrogen and oxygen atoms in total. The molecule has 1 amide bonds. The van der Waals surface area contributed by atoms with Crippen LogP contribution in [0.5, 0.6) is 0 Å². The smallest absolute Gasteiger partial charge is 0.277 e. The fraction of sp³-hybridized carbons (Fsp3) is 0.400. The molecule has 2 aromatic rings. The predicted octanol–water partition coefficient (Wildman–Crippen LogP) is 1.26. The van der Waals surface area contributed by atoms with Crippen LogP contribution in [0.3, 0.4) is 0 Å². The van der Waals surface area contributed by atoms with E-state index in [4.69, 9.17) is 4.42 Å². The largest absolute Gasteiger partial charge is 0.416 e. The Kier molecular flexibility index (Phi) is 4.32. The third kappa shape index (κ3) is 3.54. The van der Waals surface area contributed by atoms with E-state index in [0.717, 1.165) is 10.7 Å². The number of carbonyl (C=O) groups is 1. The van der Waals surface area contributed by atoms with Crippen molar-refractivity contribution in [1.82, 2.24) is 20.5 Å². The number of amides is 1. The highest BCUT2D eigenvalue weighted by atomic mass is 32.2. The number of aryl methyl sites for hydroxylation is 1. The van der Waals surface area contributed by atoms with Crippen molar-refractivity contribution in [2.45, 2.75) is 18.6 Å². The van der Waals surface area contributed by atoms with Gasteiger partial charge in [0, 0.05) is 12.4 Å². The maximum atomic E-state index is 11.1. The Morgan fingerprint density at radius 2 is 2.39 bits per heavy atom. The Morgan fingerprint density at radius 1 is 1.56 bits per heavy atom. The molecule has 2 aromatic heterocycles. The standard InChI is InChI=1S/C10H12N4O2S2/c1-6-12-7(4-17-6)3-9-13-14-10(16-9)18-5-8(15)11-2/h4H,3,5H2,1-2H3,(H,11,15). The topological polar surface area (TPSA) is 80.9 Å². The maximum absolute atomic E-state index is 11.1. The summed E-state index contributed by atoms with van der Waals surface area (Å²) in [5.74, 6) is 0.711. The van der Waals surface area contributed by atoms with Crippen LogP contribution in [0.1, 0.15) is 16.6 Å². The van der Waals surface area contributed by atoms with Crippen molar-refractivity contribution in [1.29, 1.82) is 0 Å². The van der Waals surface area contributed by atoms with E-state index in [9.17, 15) is 4.79 Å². The SMILES string of the molecule is CNC(=O)CSc1nnc(Cc2csc(C)n2)o1. The lowest BCUT2D eigenvalue weighted by Crippen LogP contribution is -2.19. The highest BCUT2D eigenvalue weighted by molar-refractivity contribution is 7.99. The highest BCUT2D eigenvalue weighted by Gasteiger charge is 2.10. The summed E-state index contributed by atoms with van der Waals surface area (Å²) in [6.07, 6.45) is 0.526. The molecule has 0 bridgehead atoms. The fourth-order valence-electron chi connectivity index (χ4n) is 1.21. The molecule has 0 unspecified atom stereocenters. The summed E-state index contributed by atoms with van der Waals surface area (Å²) in [7, 11) is 1.59. The number of hydrogen-bond donors (Lipinski definition) is 1. The van der Waals surface area contributed by atoms with Crippen LogP contribution in [0.2, 0.25) is 0 Å². The van der Waals surface area contributed by atoms with Gasteiger partial charge in [0.25, 0.3) is 5.22 Å². The van der Waals surface area contributed by atoms with Gasteiger partial charge < -0.3 is 9.73 Å². The van der Waals surface area contributed by atoms with Crippen molar-refractivity contribution in [3.63, 3.8) is 0 Å². The molecule has 8 heteroatoms. The van der Waals surface area contributed by atoms with Gasteiger partial charge in [-0.1, -0.05) is 11.8 Å². The first-order valence-corrected chi connectivity index (χ1v) is 7.10. The van der Waals surface area contributed by atoms with Crippen LogP contribution in [0, 0.1) is 6.92 Å². The summed E-state index contributed by atoms with van der Waals surface area (Å²) in [5, 5.41) is 13.7. The number of thiazole rings is 1. The molecule has 2 rings (SSSR count). The first-order chi connectivity index (χ1) is 8.67. The van der Waals surface area contributed by atoms with Gasteiger partial charge in [-0.15, -0.1) is 21.5 Å². The van der Waals surface area contributed by atoms with Crippen molar-refractivity contribution >= 4 is 29.0 Å². The number of carbonyl (C=O) groups excluding carboxylic acids is 1. The molecule has 0 fully saturated rings. The minimum absolute atomic E-state index is 0.0742. The average Bonchev–Trinajstić information content (AvgIpc) is 2.96. The van der Waals surface area contributed by atoms with E-state index in [-0.39, 0.29) is 11.7 Å². The lowest BCUT2D eigenvalue weighted by molar-refractivity contribution is -0.118. The minimum atomic E-state index is -0.0742. The summed E-state index contributed by atoms with van der Waals surface area (Å²) < 4.78 is 5.42. The fourth-order valence-corrected chi connectivity index (χ4v) is 2.48. The van der Waals surface area contributed by atoms with E-state index in [1.54, 1.807) is 18.4 Å². The van der Waals surface area contributed by atoms with Crippen LogP contribution in [0.4, 0.5) is 0 Å². The van der Waals surface area contributed by atoms with Gasteiger partial charge in [-0.2, -0.15) is 0 Å². The van der Waals surface area contributed by atoms with Gasteiger partial charge >= 0.3 is 0 Å². The van der Waals surface area contributed by atoms with Crippen molar-refractivity contribution < 1.29 is 9.21 Å². The number of nitrogens with zero attached hydrogens (tertiary/aromatic N) is 3. The van der Waals surface area contributed by atoms with E-state index >= 15 is 0 Å². The molecule has 0 atom stereocenters. The summed E-state index contributed by atoms with van der Waals surface area (Å²) in [6, 6.07) is 0. The molecule has 0 spiro atoms. The number of aromatic nitrogens is 3. The van der Waals surface area contributed by atoms with Gasteiger partial charge in [0.05, 0.1) is 22.9 Å². The molecule has 1 N–H and O–H groups in total. The highest BCUT2D eigenvalue weighted by Crippen LogP contribution is 2.18. The Balaban J connectivity index is 1.91. The quantitative estimate of drug-likeness (QED) is 0.833. The Bertz CT molecular complexity index is 537. The molecular weight excluding hydrogens is 272 g/mol. The summed E-state index contributed by atoms with van der Waals surface area (Å²) in [5.41, 5.74) is 0.920. The normalized spacial score (nSPS) is 10.6. The number of nitrogens with one attached hydrogen (secondary N) is 1. The zero-order valence-corrected chi connectivity index (χ0v) is 11.6. The summed E-state index contributed by atoms with van der Waals surface area (Å²) >= 11 is 2.81. The number of rotatable bonds is 5. The zero-order valence-electron chi connectivity index (χ0n) is 9.97. The lowest BCUT2D eigenvalue weighted by atomic mass is 10.3. The van der Waals surface area contributed by atoms with E-state index in [2.05, 4.69) is 20.5 Å². The molecule has 0 radical (unpaired) electrons. The second-order valence-corrected chi connectivity index (χ2v) is 5.45. The van der Waals surface area contributed by atoms with Crippen LogP contribution in [-0.4, -0.2) is 33.9 Å². The summed E-state index contributed by atoms with van der Waals surface area (Å²) in [6.45, 7) is 1.95. The molecule has 0 saturated carbocycles. The molecule has 0 aliphatic rings. The van der Waals surface area contributed by atoms with E-state index in [0.29, 0.717) is 17.5 Å². The molecule has 0 saturated heterocycles. The van der Waals surface area contributed by atoms with Gasteiger partial charge in [-0.3, -0.25) is 4.79 Å². The average molecular weight is 284 g/mol. The molecular formula is C10H12N4O2S2. The van der Waals surface area contributed by atoms with Crippen LogP contribution in [0.15, 0.2) is 15.0 Å². The van der Waals surface area contributed by atoms with Crippen molar-refractivity contribution in [3.05, 3.63) is 22.0 Å². The third-order valence-corrected chi connectivity index (χ3v) is 3.69. The second kappa shape index (κ2) is 5.96. The van der Waals surface area contributed by atoms with Gasteiger partial charge in [0.1, 0.15) is 0 Å². The Morgan fingerprint density at radius 3 is 3.06 bits per heavy atom. The van der Waals surface area contributed by atoms with Crippen LogP contribution in [0.25, 0.3) is 0 Å². The van der Waals surface area contributed by atoms with E-state index in [1.807, 2.05) is 12.3 Å². The molecule has 2 heterocycles. The van der Waals surface area contributed by atoms with Crippen LogP contribution in [-0.2, 0) is 11.2 Å². The van der Waals surface area contributed by atoms with Crippen molar-refractivity contribution in [3.8, 4) is 0 Å². The predicted molar refractivity (Wildman–Crippen MR) is 68.7 cm³/mol. The van der Waals surface area contributed by atoms with Gasteiger partial charge in [0.15, 0.2) is 0 Å². The third-order valence-electron chi connectivity index (χ3n) is 2.05. The first-order valence-electron chi connectivity index (χ1n) is 5.24. The molecule has 0 aliphatic heterocycles.